The van der Waals surface area contributed by atoms with E-state index in [9.17, 15) is 4.79 Å². The van der Waals surface area contributed by atoms with Gasteiger partial charge in [0.05, 0.1) is 24.2 Å². The monoisotopic (exact) mass is 232 g/mol. The predicted molar refractivity (Wildman–Crippen MR) is 62.8 cm³/mol. The van der Waals surface area contributed by atoms with Crippen LogP contribution in [0.15, 0.2) is 0 Å². The highest BCUT2D eigenvalue weighted by Gasteiger charge is 2.42. The van der Waals surface area contributed by atoms with E-state index in [-0.39, 0.29) is 19.1 Å². The molecule has 0 aliphatic carbocycles. The third-order valence-electron chi connectivity index (χ3n) is 3.29. The Hall–Kier alpha value is -0.650. The molecule has 0 saturated carbocycles. The highest BCUT2D eigenvalue weighted by molar-refractivity contribution is 5.84. The number of rotatable bonds is 5. The summed E-state index contributed by atoms with van der Waals surface area (Å²) in [6.07, 6.45) is 0. The van der Waals surface area contributed by atoms with E-state index in [0.29, 0.717) is 0 Å². The Morgan fingerprint density at radius 3 is 1.75 bits per heavy atom. The second-order valence-corrected chi connectivity index (χ2v) is 5.68. The van der Waals surface area contributed by atoms with Crippen molar-refractivity contribution in [2.45, 2.75) is 45.7 Å². The van der Waals surface area contributed by atoms with E-state index in [1.807, 2.05) is 0 Å². The largest absolute Gasteiger partial charge is 0.394 e. The molecule has 0 aromatic carbocycles. The summed E-state index contributed by atoms with van der Waals surface area (Å²) in [5.41, 5.74) is 3.43. The first-order valence-electron chi connectivity index (χ1n) is 5.33. The smallest absolute Gasteiger partial charge is 0.228 e. The van der Waals surface area contributed by atoms with Crippen molar-refractivity contribution < 1.29 is 15.0 Å². The van der Waals surface area contributed by atoms with Crippen molar-refractivity contribution in [3.63, 3.8) is 0 Å². The van der Waals surface area contributed by atoms with Crippen molar-refractivity contribution in [3.05, 3.63) is 0 Å². The molecule has 0 bridgehead atoms. The van der Waals surface area contributed by atoms with Crippen molar-refractivity contribution in [1.82, 2.24) is 5.32 Å². The van der Waals surface area contributed by atoms with Gasteiger partial charge < -0.3 is 21.3 Å². The lowest BCUT2D eigenvalue weighted by Crippen LogP contribution is -2.61. The molecule has 0 spiro atoms. The van der Waals surface area contributed by atoms with Gasteiger partial charge in [-0.05, 0) is 34.6 Å². The van der Waals surface area contributed by atoms with E-state index in [1.165, 1.54) is 0 Å². The predicted octanol–water partition coefficient (Wildman–Crippen LogP) is -0.391. The first-order valence-corrected chi connectivity index (χ1v) is 5.33. The van der Waals surface area contributed by atoms with Crippen molar-refractivity contribution in [1.29, 1.82) is 0 Å². The van der Waals surface area contributed by atoms with Gasteiger partial charge in [0, 0.05) is 5.54 Å². The summed E-state index contributed by atoms with van der Waals surface area (Å²) < 4.78 is 0. The highest BCUT2D eigenvalue weighted by atomic mass is 16.3. The normalized spacial score (nSPS) is 13.8. The molecule has 0 aliphatic heterocycles. The number of nitrogens with two attached hydrogens (primary N) is 1. The van der Waals surface area contributed by atoms with Gasteiger partial charge in [-0.25, -0.2) is 0 Å². The quantitative estimate of drug-likeness (QED) is 0.519. The maximum absolute atomic E-state index is 12.0. The number of hydrogen-bond donors (Lipinski definition) is 4. The molecular formula is C11H24N2O3. The van der Waals surface area contributed by atoms with Gasteiger partial charge in [0.25, 0.3) is 0 Å². The Balaban J connectivity index is 4.84. The number of carbonyl (C=O) groups excluding carboxylic acids is 1. The van der Waals surface area contributed by atoms with Crippen molar-refractivity contribution >= 4 is 5.91 Å². The molecule has 0 atom stereocenters. The Morgan fingerprint density at radius 1 is 1.12 bits per heavy atom. The molecule has 5 nitrogen and oxygen atoms in total. The van der Waals surface area contributed by atoms with Crippen LogP contribution in [0.1, 0.15) is 34.6 Å². The average molecular weight is 232 g/mol. The third kappa shape index (κ3) is 3.17. The Kier molecular flexibility index (Phi) is 4.50. The standard InChI is InChI=1S/C11H24N2O3/c1-9(2,10(3,4)12)8(16)13-11(5,6-14)7-15/h14-15H,6-7,12H2,1-5H3,(H,13,16). The number of hydrogen-bond acceptors (Lipinski definition) is 4. The van der Waals surface area contributed by atoms with Crippen LogP contribution in [0.2, 0.25) is 0 Å². The fourth-order valence-electron chi connectivity index (χ4n) is 0.852. The second kappa shape index (κ2) is 4.69. The van der Waals surface area contributed by atoms with E-state index in [1.54, 1.807) is 34.6 Å². The van der Waals surface area contributed by atoms with Crippen molar-refractivity contribution in [3.8, 4) is 0 Å². The average Bonchev–Trinajstić information content (AvgIpc) is 2.15. The fourth-order valence-corrected chi connectivity index (χ4v) is 0.852. The zero-order valence-electron chi connectivity index (χ0n) is 10.8. The lowest BCUT2D eigenvalue weighted by atomic mass is 9.74. The van der Waals surface area contributed by atoms with E-state index >= 15 is 0 Å². The molecule has 0 aliphatic rings. The molecular weight excluding hydrogens is 208 g/mol. The Morgan fingerprint density at radius 2 is 1.50 bits per heavy atom. The Bertz CT molecular complexity index is 252. The molecule has 0 radical (unpaired) electrons. The molecule has 96 valence electrons. The summed E-state index contributed by atoms with van der Waals surface area (Å²) in [4.78, 5) is 12.0. The van der Waals surface area contributed by atoms with Gasteiger partial charge in [-0.2, -0.15) is 0 Å². The van der Waals surface area contributed by atoms with Gasteiger partial charge in [-0.3, -0.25) is 4.79 Å². The summed E-state index contributed by atoms with van der Waals surface area (Å²) in [6, 6.07) is 0. The molecule has 0 aromatic heterocycles. The molecule has 0 aromatic rings. The van der Waals surface area contributed by atoms with Crippen LogP contribution in [-0.4, -0.2) is 40.4 Å². The zero-order valence-corrected chi connectivity index (χ0v) is 10.8. The molecule has 5 heteroatoms. The minimum absolute atomic E-state index is 0.286. The molecule has 0 heterocycles. The first-order chi connectivity index (χ1) is 7.00. The van der Waals surface area contributed by atoms with Gasteiger partial charge in [0.15, 0.2) is 0 Å². The van der Waals surface area contributed by atoms with Crippen LogP contribution in [0, 0.1) is 5.41 Å². The van der Waals surface area contributed by atoms with Crippen LogP contribution in [-0.2, 0) is 4.79 Å². The number of amides is 1. The van der Waals surface area contributed by atoms with E-state index in [2.05, 4.69) is 5.32 Å². The fraction of sp³-hybridized carbons (Fsp3) is 0.909. The topological polar surface area (TPSA) is 95.6 Å². The lowest BCUT2D eigenvalue weighted by Gasteiger charge is -2.39. The molecule has 16 heavy (non-hydrogen) atoms. The van der Waals surface area contributed by atoms with Crippen LogP contribution in [0.5, 0.6) is 0 Å². The maximum atomic E-state index is 12.0. The van der Waals surface area contributed by atoms with Crippen molar-refractivity contribution in [2.75, 3.05) is 13.2 Å². The number of aliphatic hydroxyl groups excluding tert-OH is 2. The molecule has 5 N–H and O–H groups in total. The zero-order chi connectivity index (χ0) is 13.2. The lowest BCUT2D eigenvalue weighted by molar-refractivity contribution is -0.135. The Labute approximate surface area is 97.0 Å². The number of carbonyl (C=O) groups is 1. The van der Waals surface area contributed by atoms with Crippen LogP contribution in [0.4, 0.5) is 0 Å². The van der Waals surface area contributed by atoms with Gasteiger partial charge in [0.2, 0.25) is 5.91 Å². The molecule has 0 rings (SSSR count). The molecule has 0 fully saturated rings. The van der Waals surface area contributed by atoms with Crippen LogP contribution in [0.3, 0.4) is 0 Å². The summed E-state index contributed by atoms with van der Waals surface area (Å²) in [5.74, 6) is -0.286. The minimum atomic E-state index is -1.01. The third-order valence-corrected chi connectivity index (χ3v) is 3.29. The van der Waals surface area contributed by atoms with Crippen molar-refractivity contribution in [2.24, 2.45) is 11.1 Å². The van der Waals surface area contributed by atoms with Gasteiger partial charge in [-0.15, -0.1) is 0 Å². The molecule has 0 unspecified atom stereocenters. The van der Waals surface area contributed by atoms with E-state index < -0.39 is 16.5 Å². The van der Waals surface area contributed by atoms with E-state index in [0.717, 1.165) is 0 Å². The first kappa shape index (κ1) is 15.3. The number of nitrogens with one attached hydrogen (secondary N) is 1. The summed E-state index contributed by atoms with van der Waals surface area (Å²) in [6.45, 7) is 7.93. The minimum Gasteiger partial charge on any atom is -0.394 e. The molecule has 0 saturated heterocycles. The van der Waals surface area contributed by atoms with Crippen LogP contribution < -0.4 is 11.1 Å². The van der Waals surface area contributed by atoms with Gasteiger partial charge in [0.1, 0.15) is 0 Å². The summed E-state index contributed by atoms with van der Waals surface area (Å²) in [7, 11) is 0. The van der Waals surface area contributed by atoms with Gasteiger partial charge in [-0.1, -0.05) is 0 Å². The summed E-state index contributed by atoms with van der Waals surface area (Å²) >= 11 is 0. The SMILES string of the molecule is CC(CO)(CO)NC(=O)C(C)(C)C(C)(C)N. The number of aliphatic hydroxyl groups is 2. The van der Waals surface area contributed by atoms with Crippen LogP contribution >= 0.6 is 0 Å². The second-order valence-electron chi connectivity index (χ2n) is 5.68. The highest BCUT2D eigenvalue weighted by Crippen LogP contribution is 2.29. The maximum Gasteiger partial charge on any atom is 0.228 e. The summed E-state index contributed by atoms with van der Waals surface area (Å²) in [5, 5.41) is 20.8. The van der Waals surface area contributed by atoms with Crippen LogP contribution in [0.25, 0.3) is 0 Å². The van der Waals surface area contributed by atoms with E-state index in [4.69, 9.17) is 15.9 Å². The van der Waals surface area contributed by atoms with Gasteiger partial charge >= 0.3 is 0 Å². The molecule has 1 amide bonds.